The monoisotopic (exact) mass is 457 g/mol. The molecule has 0 unspecified atom stereocenters. The molecule has 3 rings (SSSR count). The summed E-state index contributed by atoms with van der Waals surface area (Å²) < 4.78 is 26.3. The van der Waals surface area contributed by atoms with Crippen molar-refractivity contribution in [1.29, 1.82) is 5.26 Å². The minimum atomic E-state index is -3.73. The molecule has 0 radical (unpaired) electrons. The number of nitrogens with one attached hydrogen (secondary N) is 1. The number of hydrogen-bond acceptors (Lipinski definition) is 8. The molecule has 0 saturated heterocycles. The first-order valence-electron chi connectivity index (χ1n) is 9.10. The lowest BCUT2D eigenvalue weighted by Crippen LogP contribution is -2.30. The number of nitriles is 1. The molecule has 1 N–H and O–H groups in total. The van der Waals surface area contributed by atoms with Crippen LogP contribution in [0.25, 0.3) is 0 Å². The first-order chi connectivity index (χ1) is 14.7. The molecule has 0 aliphatic heterocycles. The Morgan fingerprint density at radius 3 is 2.58 bits per heavy atom. The molecule has 0 saturated carbocycles. The summed E-state index contributed by atoms with van der Waals surface area (Å²) in [5.74, 6) is -0.804. The number of carbonyl (C=O) groups excluding carboxylic acids is 1. The fourth-order valence-electron chi connectivity index (χ4n) is 2.83. The van der Waals surface area contributed by atoms with Crippen LogP contribution in [0.1, 0.15) is 20.9 Å². The number of aromatic nitrogens is 2. The minimum Gasteiger partial charge on any atom is -0.316 e. The van der Waals surface area contributed by atoms with Gasteiger partial charge >= 0.3 is 0 Å². The minimum absolute atomic E-state index is 0.0148. The molecule has 0 spiro atoms. The Bertz CT molecular complexity index is 1300. The highest BCUT2D eigenvalue weighted by Crippen LogP contribution is 2.31. The standard InChI is InChI=1S/C20H19N5O4S2/c1-14-18(19(27)23-31(2,28)29)22-20(30-14)25(16-8-6-15(13-21)7-9-16)12-11-24-10-4-3-5-17(24)26/h3-10H,11-12H2,1-2H3,(H,23,27). The normalized spacial score (nSPS) is 11.0. The number of anilines is 2. The van der Waals surface area contributed by atoms with Gasteiger partial charge in [-0.25, -0.2) is 18.1 Å². The van der Waals surface area contributed by atoms with Crippen LogP contribution in [0.2, 0.25) is 0 Å². The topological polar surface area (TPSA) is 125 Å². The average molecular weight is 458 g/mol. The maximum atomic E-state index is 12.3. The van der Waals surface area contributed by atoms with Crippen LogP contribution >= 0.6 is 11.3 Å². The predicted molar refractivity (Wildman–Crippen MR) is 118 cm³/mol. The zero-order chi connectivity index (χ0) is 22.6. The number of aryl methyl sites for hydroxylation is 1. The van der Waals surface area contributed by atoms with Gasteiger partial charge in [-0.1, -0.05) is 6.07 Å². The van der Waals surface area contributed by atoms with E-state index in [0.717, 1.165) is 6.26 Å². The molecule has 3 aromatic rings. The van der Waals surface area contributed by atoms with Gasteiger partial charge < -0.3 is 9.47 Å². The van der Waals surface area contributed by atoms with Crippen molar-refractivity contribution in [3.8, 4) is 6.07 Å². The van der Waals surface area contributed by atoms with Gasteiger partial charge in [0.05, 0.1) is 17.9 Å². The maximum absolute atomic E-state index is 12.3. The van der Waals surface area contributed by atoms with Gasteiger partial charge in [0.1, 0.15) is 5.69 Å². The van der Waals surface area contributed by atoms with Crippen molar-refractivity contribution < 1.29 is 13.2 Å². The zero-order valence-corrected chi connectivity index (χ0v) is 18.4. The van der Waals surface area contributed by atoms with Gasteiger partial charge in [0.25, 0.3) is 11.5 Å². The van der Waals surface area contributed by atoms with E-state index >= 15 is 0 Å². The van der Waals surface area contributed by atoms with Gasteiger partial charge in [-0.15, -0.1) is 11.3 Å². The Kier molecular flexibility index (Phi) is 6.53. The SMILES string of the molecule is Cc1sc(N(CCn2ccccc2=O)c2ccc(C#N)cc2)nc1C(=O)NS(C)(=O)=O. The molecule has 31 heavy (non-hydrogen) atoms. The number of rotatable bonds is 7. The van der Waals surface area contributed by atoms with Crippen LogP contribution < -0.4 is 15.2 Å². The molecular formula is C20H19N5O4S2. The predicted octanol–water partition coefficient (Wildman–Crippen LogP) is 2.01. The van der Waals surface area contributed by atoms with Crippen LogP contribution in [-0.2, 0) is 16.6 Å². The summed E-state index contributed by atoms with van der Waals surface area (Å²) in [6, 6.07) is 13.8. The van der Waals surface area contributed by atoms with Gasteiger partial charge in [-0.2, -0.15) is 5.26 Å². The second-order valence-electron chi connectivity index (χ2n) is 6.65. The molecule has 160 valence electrons. The van der Waals surface area contributed by atoms with E-state index in [1.807, 2.05) is 9.62 Å². The summed E-state index contributed by atoms with van der Waals surface area (Å²) in [5.41, 5.74) is 1.07. The zero-order valence-electron chi connectivity index (χ0n) is 16.8. The number of nitrogens with zero attached hydrogens (tertiary/aromatic N) is 4. The number of amides is 1. The highest BCUT2D eigenvalue weighted by atomic mass is 32.2. The summed E-state index contributed by atoms with van der Waals surface area (Å²) in [7, 11) is -3.73. The van der Waals surface area contributed by atoms with E-state index in [1.54, 1.807) is 54.1 Å². The highest BCUT2D eigenvalue weighted by molar-refractivity contribution is 7.89. The van der Waals surface area contributed by atoms with Gasteiger partial charge in [0.15, 0.2) is 5.13 Å². The molecule has 0 fully saturated rings. The highest BCUT2D eigenvalue weighted by Gasteiger charge is 2.22. The number of pyridine rings is 1. The van der Waals surface area contributed by atoms with Crippen molar-refractivity contribution in [2.75, 3.05) is 17.7 Å². The molecule has 0 bridgehead atoms. The molecule has 11 heteroatoms. The number of thiazole rings is 1. The Balaban J connectivity index is 1.96. The molecule has 1 amide bonds. The fourth-order valence-corrected chi connectivity index (χ4v) is 4.22. The molecule has 2 aromatic heterocycles. The van der Waals surface area contributed by atoms with E-state index in [2.05, 4.69) is 11.1 Å². The van der Waals surface area contributed by atoms with Crippen molar-refractivity contribution in [3.05, 3.63) is 75.1 Å². The maximum Gasteiger partial charge on any atom is 0.284 e. The van der Waals surface area contributed by atoms with Crippen LogP contribution in [0, 0.1) is 18.3 Å². The van der Waals surface area contributed by atoms with E-state index in [4.69, 9.17) is 5.26 Å². The molecule has 2 heterocycles. The number of benzene rings is 1. The van der Waals surface area contributed by atoms with E-state index in [1.165, 1.54) is 17.4 Å². The summed E-state index contributed by atoms with van der Waals surface area (Å²) in [6.45, 7) is 2.39. The third-order valence-corrected chi connectivity index (χ3v) is 5.83. The van der Waals surface area contributed by atoms with E-state index < -0.39 is 15.9 Å². The van der Waals surface area contributed by atoms with Crippen molar-refractivity contribution in [2.24, 2.45) is 0 Å². The fraction of sp³-hybridized carbons (Fsp3) is 0.200. The number of sulfonamides is 1. The van der Waals surface area contributed by atoms with Gasteiger partial charge in [-0.05, 0) is 37.3 Å². The van der Waals surface area contributed by atoms with E-state index in [9.17, 15) is 18.0 Å². The van der Waals surface area contributed by atoms with Crippen molar-refractivity contribution in [2.45, 2.75) is 13.5 Å². The Morgan fingerprint density at radius 1 is 1.26 bits per heavy atom. The smallest absolute Gasteiger partial charge is 0.284 e. The average Bonchev–Trinajstić information content (AvgIpc) is 3.10. The molecule has 0 atom stereocenters. The second kappa shape index (κ2) is 9.11. The number of carbonyl (C=O) groups is 1. The van der Waals surface area contributed by atoms with Gasteiger partial charge in [0, 0.05) is 35.9 Å². The summed E-state index contributed by atoms with van der Waals surface area (Å²) in [4.78, 5) is 31.1. The molecule has 9 nitrogen and oxygen atoms in total. The lowest BCUT2D eigenvalue weighted by atomic mass is 10.2. The molecular weight excluding hydrogens is 438 g/mol. The van der Waals surface area contributed by atoms with Crippen LogP contribution in [0.4, 0.5) is 10.8 Å². The molecule has 0 aliphatic carbocycles. The third-order valence-electron chi connectivity index (χ3n) is 4.28. The van der Waals surface area contributed by atoms with Crippen LogP contribution in [-0.4, -0.2) is 36.7 Å². The molecule has 0 aliphatic rings. The van der Waals surface area contributed by atoms with Crippen LogP contribution in [0.3, 0.4) is 0 Å². The first-order valence-corrected chi connectivity index (χ1v) is 11.8. The first kappa shape index (κ1) is 22.2. The van der Waals surface area contributed by atoms with Gasteiger partial charge in [0.2, 0.25) is 10.0 Å². The lowest BCUT2D eigenvalue weighted by molar-refractivity contribution is 0.0977. The third kappa shape index (κ3) is 5.56. The summed E-state index contributed by atoms with van der Waals surface area (Å²) >= 11 is 1.23. The van der Waals surface area contributed by atoms with E-state index in [-0.39, 0.29) is 11.3 Å². The summed E-state index contributed by atoms with van der Waals surface area (Å²) in [5, 5.41) is 9.52. The Hall–Kier alpha value is -3.49. The lowest BCUT2D eigenvalue weighted by Gasteiger charge is -2.22. The van der Waals surface area contributed by atoms with Crippen molar-refractivity contribution >= 4 is 38.1 Å². The van der Waals surface area contributed by atoms with Crippen molar-refractivity contribution in [1.82, 2.24) is 14.3 Å². The van der Waals surface area contributed by atoms with Crippen LogP contribution in [0.5, 0.6) is 0 Å². The largest absolute Gasteiger partial charge is 0.316 e. The Labute approximate surface area is 183 Å². The second-order valence-corrected chi connectivity index (χ2v) is 9.58. The Morgan fingerprint density at radius 2 is 1.97 bits per heavy atom. The van der Waals surface area contributed by atoms with Crippen molar-refractivity contribution in [3.63, 3.8) is 0 Å². The summed E-state index contributed by atoms with van der Waals surface area (Å²) in [6.07, 6.45) is 2.57. The van der Waals surface area contributed by atoms with Gasteiger partial charge in [-0.3, -0.25) is 9.59 Å². The van der Waals surface area contributed by atoms with Crippen LogP contribution in [0.15, 0.2) is 53.5 Å². The van der Waals surface area contributed by atoms with E-state index in [0.29, 0.717) is 34.3 Å². The number of hydrogen-bond donors (Lipinski definition) is 1. The quantitative estimate of drug-likeness (QED) is 0.575. The molecule has 1 aromatic carbocycles.